The van der Waals surface area contributed by atoms with E-state index in [9.17, 15) is 0 Å². The van der Waals surface area contributed by atoms with E-state index in [2.05, 4.69) is 31.0 Å². The van der Waals surface area contributed by atoms with Crippen LogP contribution in [0.4, 0.5) is 5.13 Å². The molecule has 1 atom stereocenters. The van der Waals surface area contributed by atoms with Crippen molar-refractivity contribution in [2.24, 2.45) is 5.92 Å². The molecule has 1 saturated carbocycles. The summed E-state index contributed by atoms with van der Waals surface area (Å²) in [4.78, 5) is 8.59. The van der Waals surface area contributed by atoms with Crippen LogP contribution in [0.5, 0.6) is 0 Å². The summed E-state index contributed by atoms with van der Waals surface area (Å²) in [5.74, 6) is 0.902. The van der Waals surface area contributed by atoms with Gasteiger partial charge in [0.1, 0.15) is 0 Å². The number of nitrogens with one attached hydrogen (secondary N) is 1. The maximum atomic E-state index is 4.77. The summed E-state index contributed by atoms with van der Waals surface area (Å²) in [7, 11) is 2.01. The number of aromatic nitrogens is 1. The molecule has 1 fully saturated rings. The van der Waals surface area contributed by atoms with Crippen LogP contribution in [0, 0.1) is 12.8 Å². The van der Waals surface area contributed by atoms with E-state index in [-0.39, 0.29) is 0 Å². The SMILES string of the molecule is CCN(CC1CCC1)c1nc(C)c(C(C)NC)s1. The van der Waals surface area contributed by atoms with Crippen molar-refractivity contribution in [3.8, 4) is 0 Å². The Morgan fingerprint density at radius 3 is 2.72 bits per heavy atom. The van der Waals surface area contributed by atoms with Crippen molar-refractivity contribution in [1.29, 1.82) is 0 Å². The van der Waals surface area contributed by atoms with Crippen LogP contribution < -0.4 is 10.2 Å². The lowest BCUT2D eigenvalue weighted by Crippen LogP contribution is -2.32. The van der Waals surface area contributed by atoms with E-state index < -0.39 is 0 Å². The maximum Gasteiger partial charge on any atom is 0.185 e. The fourth-order valence-corrected chi connectivity index (χ4v) is 3.59. The highest BCUT2D eigenvalue weighted by Crippen LogP contribution is 2.33. The lowest BCUT2D eigenvalue weighted by Gasteiger charge is -2.31. The van der Waals surface area contributed by atoms with Gasteiger partial charge in [-0.3, -0.25) is 0 Å². The fourth-order valence-electron chi connectivity index (χ4n) is 2.39. The molecular weight excluding hydrogens is 242 g/mol. The van der Waals surface area contributed by atoms with Gasteiger partial charge in [-0.1, -0.05) is 6.42 Å². The van der Waals surface area contributed by atoms with E-state index in [4.69, 9.17) is 4.98 Å². The quantitative estimate of drug-likeness (QED) is 0.856. The van der Waals surface area contributed by atoms with Gasteiger partial charge in [0.2, 0.25) is 0 Å². The summed E-state index contributed by atoms with van der Waals surface area (Å²) in [6.45, 7) is 8.82. The van der Waals surface area contributed by atoms with Gasteiger partial charge >= 0.3 is 0 Å². The average molecular weight is 267 g/mol. The molecule has 1 aliphatic rings. The lowest BCUT2D eigenvalue weighted by molar-refractivity contribution is 0.318. The van der Waals surface area contributed by atoms with Crippen molar-refractivity contribution >= 4 is 16.5 Å². The Bertz CT molecular complexity index is 384. The first-order chi connectivity index (χ1) is 8.65. The van der Waals surface area contributed by atoms with Gasteiger partial charge in [-0.25, -0.2) is 4.98 Å². The first kappa shape index (κ1) is 13.8. The highest BCUT2D eigenvalue weighted by molar-refractivity contribution is 7.15. The Morgan fingerprint density at radius 2 is 2.22 bits per heavy atom. The van der Waals surface area contributed by atoms with Crippen LogP contribution in [0.1, 0.15) is 49.7 Å². The Balaban J connectivity index is 2.10. The fraction of sp³-hybridized carbons (Fsp3) is 0.786. The number of hydrogen-bond donors (Lipinski definition) is 1. The summed E-state index contributed by atoms with van der Waals surface area (Å²) < 4.78 is 0. The van der Waals surface area contributed by atoms with Gasteiger partial charge in [0, 0.05) is 24.0 Å². The third-order valence-electron chi connectivity index (χ3n) is 4.00. The van der Waals surface area contributed by atoms with Crippen molar-refractivity contribution in [3.05, 3.63) is 10.6 Å². The second-order valence-electron chi connectivity index (χ2n) is 5.29. The summed E-state index contributed by atoms with van der Waals surface area (Å²) in [6, 6.07) is 0.402. The normalized spacial score (nSPS) is 17.6. The smallest absolute Gasteiger partial charge is 0.185 e. The van der Waals surface area contributed by atoms with Crippen LogP contribution in [0.15, 0.2) is 0 Å². The molecule has 0 bridgehead atoms. The second kappa shape index (κ2) is 6.02. The second-order valence-corrected chi connectivity index (χ2v) is 6.30. The highest BCUT2D eigenvalue weighted by Gasteiger charge is 2.23. The first-order valence-electron chi connectivity index (χ1n) is 7.05. The van der Waals surface area contributed by atoms with E-state index in [0.29, 0.717) is 6.04 Å². The Hall–Kier alpha value is -0.610. The van der Waals surface area contributed by atoms with Crippen molar-refractivity contribution in [1.82, 2.24) is 10.3 Å². The van der Waals surface area contributed by atoms with Crippen LogP contribution in [0.2, 0.25) is 0 Å². The van der Waals surface area contributed by atoms with Crippen molar-refractivity contribution in [3.63, 3.8) is 0 Å². The first-order valence-corrected chi connectivity index (χ1v) is 7.86. The molecule has 102 valence electrons. The number of hydrogen-bond acceptors (Lipinski definition) is 4. The Labute approximate surface area is 115 Å². The zero-order valence-corrected chi connectivity index (χ0v) is 12.8. The predicted octanol–water partition coefficient (Wildman–Crippen LogP) is 3.36. The number of thiazole rings is 1. The zero-order chi connectivity index (χ0) is 13.1. The minimum Gasteiger partial charge on any atom is -0.348 e. The molecule has 0 spiro atoms. The van der Waals surface area contributed by atoms with E-state index >= 15 is 0 Å². The van der Waals surface area contributed by atoms with Crippen LogP contribution in [0.25, 0.3) is 0 Å². The molecule has 0 aliphatic heterocycles. The number of rotatable bonds is 6. The number of nitrogens with zero attached hydrogens (tertiary/aromatic N) is 2. The van der Waals surface area contributed by atoms with Crippen LogP contribution in [-0.2, 0) is 0 Å². The van der Waals surface area contributed by atoms with Gasteiger partial charge in [0.15, 0.2) is 5.13 Å². The minimum absolute atomic E-state index is 0.402. The molecule has 18 heavy (non-hydrogen) atoms. The van der Waals surface area contributed by atoms with E-state index in [1.165, 1.54) is 41.5 Å². The van der Waals surface area contributed by atoms with Crippen molar-refractivity contribution < 1.29 is 0 Å². The van der Waals surface area contributed by atoms with Crippen LogP contribution in [-0.4, -0.2) is 25.1 Å². The molecule has 0 amide bonds. The lowest BCUT2D eigenvalue weighted by atomic mass is 9.85. The molecule has 0 radical (unpaired) electrons. The largest absolute Gasteiger partial charge is 0.348 e. The third-order valence-corrected chi connectivity index (χ3v) is 5.40. The molecule has 1 aromatic rings. The molecule has 1 aromatic heterocycles. The van der Waals surface area contributed by atoms with Crippen LogP contribution in [0.3, 0.4) is 0 Å². The summed E-state index contributed by atoms with van der Waals surface area (Å²) in [6.07, 6.45) is 4.22. The maximum absolute atomic E-state index is 4.77. The van der Waals surface area contributed by atoms with Gasteiger partial charge in [-0.15, -0.1) is 11.3 Å². The third kappa shape index (κ3) is 2.86. The molecule has 0 saturated heterocycles. The van der Waals surface area contributed by atoms with Crippen molar-refractivity contribution in [2.75, 3.05) is 25.0 Å². The highest BCUT2D eigenvalue weighted by atomic mass is 32.1. The van der Waals surface area contributed by atoms with E-state index in [0.717, 1.165) is 12.5 Å². The number of aryl methyl sites for hydroxylation is 1. The van der Waals surface area contributed by atoms with Gasteiger partial charge < -0.3 is 10.2 Å². The van der Waals surface area contributed by atoms with Crippen molar-refractivity contribution in [2.45, 2.75) is 46.1 Å². The summed E-state index contributed by atoms with van der Waals surface area (Å²) in [5.41, 5.74) is 1.18. The van der Waals surface area contributed by atoms with Gasteiger partial charge in [-0.05, 0) is 46.6 Å². The van der Waals surface area contributed by atoms with Gasteiger partial charge in [0.05, 0.1) is 5.69 Å². The molecule has 2 rings (SSSR count). The molecule has 1 aliphatic carbocycles. The van der Waals surface area contributed by atoms with E-state index in [1.54, 1.807) is 0 Å². The monoisotopic (exact) mass is 267 g/mol. The summed E-state index contributed by atoms with van der Waals surface area (Å²) >= 11 is 1.85. The Morgan fingerprint density at radius 1 is 1.50 bits per heavy atom. The minimum atomic E-state index is 0.402. The topological polar surface area (TPSA) is 28.2 Å². The summed E-state index contributed by atoms with van der Waals surface area (Å²) in [5, 5.41) is 4.51. The standard InChI is InChI=1S/C14H25N3S/c1-5-17(9-12-7-6-8-12)14-16-11(3)13(18-14)10(2)15-4/h10,12,15H,5-9H2,1-4H3. The number of anilines is 1. The molecule has 4 heteroatoms. The molecule has 1 heterocycles. The van der Waals surface area contributed by atoms with Gasteiger partial charge in [0.25, 0.3) is 0 Å². The van der Waals surface area contributed by atoms with Gasteiger partial charge in [-0.2, -0.15) is 0 Å². The van der Waals surface area contributed by atoms with Crippen LogP contribution >= 0.6 is 11.3 Å². The molecule has 1 unspecified atom stereocenters. The predicted molar refractivity (Wildman–Crippen MR) is 79.6 cm³/mol. The molecule has 0 aromatic carbocycles. The molecule has 3 nitrogen and oxygen atoms in total. The molecular formula is C14H25N3S. The average Bonchev–Trinajstić information content (AvgIpc) is 2.69. The Kier molecular flexibility index (Phi) is 4.62. The zero-order valence-electron chi connectivity index (χ0n) is 12.0. The van der Waals surface area contributed by atoms with E-state index in [1.807, 2.05) is 18.4 Å². The molecule has 1 N–H and O–H groups in total.